The first-order chi connectivity index (χ1) is 17.2. The van der Waals surface area contributed by atoms with Gasteiger partial charge >= 0.3 is 12.1 Å². The molecule has 1 aliphatic rings. The van der Waals surface area contributed by atoms with Crippen molar-refractivity contribution in [1.29, 1.82) is 0 Å². The second kappa shape index (κ2) is 10.8. The van der Waals surface area contributed by atoms with E-state index in [1.54, 1.807) is 34.0 Å². The fourth-order valence-corrected chi connectivity index (χ4v) is 4.48. The highest BCUT2D eigenvalue weighted by atomic mass is 16.6. The molecule has 0 saturated heterocycles. The van der Waals surface area contributed by atoms with Gasteiger partial charge in [0, 0.05) is 19.2 Å². The van der Waals surface area contributed by atoms with Crippen molar-refractivity contribution < 1.29 is 19.1 Å². The van der Waals surface area contributed by atoms with E-state index in [0.717, 1.165) is 33.6 Å². The zero-order valence-electron chi connectivity index (χ0n) is 21.2. The van der Waals surface area contributed by atoms with Gasteiger partial charge in [0.25, 0.3) is 0 Å². The zero-order valence-corrected chi connectivity index (χ0v) is 21.2. The number of anilines is 1. The molecule has 0 aliphatic heterocycles. The molecule has 0 spiro atoms. The SMILES string of the molecule is CNc1cc(CCC(NC(=O)OCC2c3ccccc3-c3ccccc32)C(=O)OC(C)(C)C)ccn1. The van der Waals surface area contributed by atoms with Crippen molar-refractivity contribution in [2.75, 3.05) is 19.0 Å². The fourth-order valence-electron chi connectivity index (χ4n) is 4.48. The number of carbonyl (C=O) groups excluding carboxylic acids is 2. The van der Waals surface area contributed by atoms with E-state index in [2.05, 4.69) is 39.9 Å². The van der Waals surface area contributed by atoms with E-state index in [9.17, 15) is 9.59 Å². The van der Waals surface area contributed by atoms with Gasteiger partial charge in [0.15, 0.2) is 0 Å². The first-order valence-corrected chi connectivity index (χ1v) is 12.2. The molecule has 188 valence electrons. The second-order valence-electron chi connectivity index (χ2n) is 9.89. The summed E-state index contributed by atoms with van der Waals surface area (Å²) >= 11 is 0. The number of aryl methyl sites for hydroxylation is 1. The Morgan fingerprint density at radius 2 is 1.64 bits per heavy atom. The minimum absolute atomic E-state index is 0.0556. The third-order valence-corrected chi connectivity index (χ3v) is 6.13. The number of rotatable bonds is 8. The average molecular weight is 488 g/mol. The Labute approximate surface area is 212 Å². The summed E-state index contributed by atoms with van der Waals surface area (Å²) in [5, 5.41) is 5.75. The van der Waals surface area contributed by atoms with Gasteiger partial charge in [-0.2, -0.15) is 0 Å². The molecule has 0 saturated carbocycles. The second-order valence-corrected chi connectivity index (χ2v) is 9.89. The van der Waals surface area contributed by atoms with Gasteiger partial charge in [0.2, 0.25) is 0 Å². The largest absolute Gasteiger partial charge is 0.458 e. The third kappa shape index (κ3) is 6.03. The number of ether oxygens (including phenoxy) is 2. The number of hydrogen-bond acceptors (Lipinski definition) is 6. The highest BCUT2D eigenvalue weighted by Crippen LogP contribution is 2.44. The maximum atomic E-state index is 12.9. The Kier molecular flexibility index (Phi) is 7.58. The molecule has 0 bridgehead atoms. The number of pyridine rings is 1. The number of amides is 1. The third-order valence-electron chi connectivity index (χ3n) is 6.13. The predicted molar refractivity (Wildman–Crippen MR) is 140 cm³/mol. The lowest BCUT2D eigenvalue weighted by atomic mass is 9.98. The minimum Gasteiger partial charge on any atom is -0.458 e. The molecule has 3 aromatic rings. The summed E-state index contributed by atoms with van der Waals surface area (Å²) in [6, 6.07) is 19.3. The highest BCUT2D eigenvalue weighted by molar-refractivity contribution is 5.82. The normalized spacial score (nSPS) is 13.3. The van der Waals surface area contributed by atoms with Crippen LogP contribution in [0.25, 0.3) is 11.1 Å². The van der Waals surface area contributed by atoms with Crippen molar-refractivity contribution in [2.24, 2.45) is 0 Å². The number of nitrogens with one attached hydrogen (secondary N) is 2. The van der Waals surface area contributed by atoms with E-state index in [1.807, 2.05) is 36.4 Å². The Bertz CT molecular complexity index is 1190. The van der Waals surface area contributed by atoms with Crippen LogP contribution < -0.4 is 10.6 Å². The molecular weight excluding hydrogens is 454 g/mol. The molecule has 1 heterocycles. The van der Waals surface area contributed by atoms with Gasteiger partial charge in [-0.3, -0.25) is 0 Å². The quantitative estimate of drug-likeness (QED) is 0.419. The van der Waals surface area contributed by atoms with Gasteiger partial charge in [0.05, 0.1) is 0 Å². The van der Waals surface area contributed by atoms with Crippen molar-refractivity contribution in [3.05, 3.63) is 83.6 Å². The molecule has 1 unspecified atom stereocenters. The Hall–Kier alpha value is -3.87. The van der Waals surface area contributed by atoms with E-state index < -0.39 is 23.7 Å². The summed E-state index contributed by atoms with van der Waals surface area (Å²) in [6.45, 7) is 5.59. The summed E-state index contributed by atoms with van der Waals surface area (Å²) in [6.07, 6.45) is 2.00. The van der Waals surface area contributed by atoms with Crippen LogP contribution in [0.1, 0.15) is 49.8 Å². The van der Waals surface area contributed by atoms with Crippen LogP contribution in [0.5, 0.6) is 0 Å². The molecule has 1 aromatic heterocycles. The monoisotopic (exact) mass is 487 g/mol. The molecule has 7 heteroatoms. The van der Waals surface area contributed by atoms with Gasteiger partial charge < -0.3 is 20.1 Å². The van der Waals surface area contributed by atoms with Crippen LogP contribution >= 0.6 is 0 Å². The van der Waals surface area contributed by atoms with Crippen LogP contribution in [-0.4, -0.2) is 42.3 Å². The Morgan fingerprint density at radius 1 is 1.00 bits per heavy atom. The van der Waals surface area contributed by atoms with Crippen LogP contribution in [0.15, 0.2) is 66.9 Å². The number of nitrogens with zero attached hydrogens (tertiary/aromatic N) is 1. The molecule has 1 amide bonds. The molecule has 4 rings (SSSR count). The number of benzene rings is 2. The lowest BCUT2D eigenvalue weighted by Crippen LogP contribution is -2.45. The number of fused-ring (bicyclic) bond motifs is 3. The Morgan fingerprint density at radius 3 is 2.25 bits per heavy atom. The predicted octanol–water partition coefficient (Wildman–Crippen LogP) is 5.30. The van der Waals surface area contributed by atoms with Crippen molar-refractivity contribution in [1.82, 2.24) is 10.3 Å². The molecule has 2 aromatic carbocycles. The maximum Gasteiger partial charge on any atom is 0.407 e. The van der Waals surface area contributed by atoms with Crippen LogP contribution in [0, 0.1) is 0 Å². The number of aromatic nitrogens is 1. The Balaban J connectivity index is 1.43. The molecule has 1 aliphatic carbocycles. The van der Waals surface area contributed by atoms with Crippen molar-refractivity contribution in [3.63, 3.8) is 0 Å². The lowest BCUT2D eigenvalue weighted by molar-refractivity contribution is -0.157. The van der Waals surface area contributed by atoms with Crippen molar-refractivity contribution in [3.8, 4) is 11.1 Å². The van der Waals surface area contributed by atoms with Crippen LogP contribution in [0.4, 0.5) is 10.6 Å². The van der Waals surface area contributed by atoms with E-state index in [1.165, 1.54) is 0 Å². The summed E-state index contributed by atoms with van der Waals surface area (Å²) < 4.78 is 11.2. The van der Waals surface area contributed by atoms with Crippen LogP contribution in [0.2, 0.25) is 0 Å². The first kappa shape index (κ1) is 25.2. The summed E-state index contributed by atoms with van der Waals surface area (Å²) in [4.78, 5) is 30.0. The molecule has 7 nitrogen and oxygen atoms in total. The minimum atomic E-state index is -0.842. The lowest BCUT2D eigenvalue weighted by Gasteiger charge is -2.25. The van der Waals surface area contributed by atoms with Crippen molar-refractivity contribution >= 4 is 17.9 Å². The maximum absolute atomic E-state index is 12.9. The molecule has 0 radical (unpaired) electrons. The highest BCUT2D eigenvalue weighted by Gasteiger charge is 2.31. The first-order valence-electron chi connectivity index (χ1n) is 12.2. The molecular formula is C29H33N3O4. The van der Waals surface area contributed by atoms with E-state index in [4.69, 9.17) is 9.47 Å². The molecule has 2 N–H and O–H groups in total. The molecule has 36 heavy (non-hydrogen) atoms. The summed E-state index contributed by atoms with van der Waals surface area (Å²) in [5.74, 6) is 0.199. The average Bonchev–Trinajstić information content (AvgIpc) is 3.18. The number of carbonyl (C=O) groups is 2. The van der Waals surface area contributed by atoms with E-state index >= 15 is 0 Å². The van der Waals surface area contributed by atoms with E-state index in [-0.39, 0.29) is 12.5 Å². The van der Waals surface area contributed by atoms with Gasteiger partial charge in [-0.15, -0.1) is 0 Å². The van der Waals surface area contributed by atoms with Crippen LogP contribution in [-0.2, 0) is 20.7 Å². The molecule has 1 atom stereocenters. The standard InChI is InChI=1S/C29H33N3O4/c1-29(2,3)36-27(33)25(14-13-19-15-16-31-26(17-19)30-4)32-28(34)35-18-24-22-11-7-5-9-20(22)21-10-6-8-12-23(21)24/h5-12,15-17,24-25H,13-14,18H2,1-4H3,(H,30,31)(H,32,34). The summed E-state index contributed by atoms with van der Waals surface area (Å²) in [5.41, 5.74) is 4.91. The van der Waals surface area contributed by atoms with E-state index in [0.29, 0.717) is 12.8 Å². The van der Waals surface area contributed by atoms with Gasteiger partial charge in [-0.1, -0.05) is 48.5 Å². The van der Waals surface area contributed by atoms with Gasteiger partial charge in [-0.05, 0) is 73.6 Å². The zero-order chi connectivity index (χ0) is 25.7. The number of alkyl carbamates (subject to hydrolysis) is 1. The number of esters is 1. The topological polar surface area (TPSA) is 89.6 Å². The molecule has 0 fully saturated rings. The smallest absolute Gasteiger partial charge is 0.407 e. The number of hydrogen-bond donors (Lipinski definition) is 2. The van der Waals surface area contributed by atoms with Crippen molar-refractivity contribution in [2.45, 2.75) is 51.2 Å². The summed E-state index contributed by atoms with van der Waals surface area (Å²) in [7, 11) is 1.80. The van der Waals surface area contributed by atoms with Crippen LogP contribution in [0.3, 0.4) is 0 Å². The van der Waals surface area contributed by atoms with Gasteiger partial charge in [-0.25, -0.2) is 14.6 Å². The van der Waals surface area contributed by atoms with Gasteiger partial charge in [0.1, 0.15) is 24.1 Å². The fraction of sp³-hybridized carbons (Fsp3) is 0.345.